The highest BCUT2D eigenvalue weighted by molar-refractivity contribution is 5.99. The van der Waals surface area contributed by atoms with Gasteiger partial charge in [-0.25, -0.2) is 27.2 Å². The third-order valence-electron chi connectivity index (χ3n) is 10.9. The Kier molecular flexibility index (Phi) is 15.2. The zero-order chi connectivity index (χ0) is 46.5. The largest absolute Gasteiger partial charge is 0.480 e. The van der Waals surface area contributed by atoms with E-state index in [4.69, 9.17) is 5.11 Å². The number of benzene rings is 3. The van der Waals surface area contributed by atoms with Crippen molar-refractivity contribution in [2.75, 3.05) is 23.9 Å². The minimum atomic E-state index is -4.86. The molecule has 332 valence electrons. The molecule has 5 aromatic rings. The average Bonchev–Trinajstić information content (AvgIpc) is 3.20. The SMILES string of the molecule is CC[C@H](C)N(C)c1cc(F)c(C(=O)N[C@@H](Cc2ccc(-c3c(C(F)(F)F)cc(C)n(C)c3=O)c3ncccc23)C(=O)O)c(F)c1.CC[C@H](C)N(C)c1cc(F)c(C(=O)O)c(F)c1. The zero-order valence-electron chi connectivity index (χ0n) is 35.1. The Morgan fingerprint density at radius 3 is 1.77 bits per heavy atom. The number of anilines is 2. The molecule has 0 saturated carbocycles. The van der Waals surface area contributed by atoms with Crippen molar-refractivity contribution in [1.29, 1.82) is 0 Å². The molecule has 11 nitrogen and oxygen atoms in total. The van der Waals surface area contributed by atoms with Gasteiger partial charge in [-0.05, 0) is 75.6 Å². The van der Waals surface area contributed by atoms with Gasteiger partial charge in [0.05, 0.1) is 16.6 Å². The van der Waals surface area contributed by atoms with Gasteiger partial charge in [0.1, 0.15) is 40.4 Å². The molecule has 0 unspecified atom stereocenters. The molecule has 0 fully saturated rings. The van der Waals surface area contributed by atoms with Gasteiger partial charge in [0.2, 0.25) is 0 Å². The number of fused-ring (bicyclic) bond motifs is 1. The average molecular weight is 874 g/mol. The number of rotatable bonds is 13. The first kappa shape index (κ1) is 48.2. The van der Waals surface area contributed by atoms with Gasteiger partial charge in [-0.15, -0.1) is 0 Å². The standard InChI is InChI=1S/C32H31F5N4O4.C12H15F2NO2/c1-6-16(2)40(4)19-14-23(33)27(24(34)15-19)29(42)39-25(31(44)45)13-18-9-10-21(28-20(18)8-7-11-38-28)26-22(32(35,36)37)12-17(3)41(5)30(26)43;1-4-7(2)15(3)8-5-9(13)11(12(16)17)10(14)6-8/h7-12,14-16,25H,6,13H2,1-5H3,(H,39,42)(H,44,45);5-7H,4H2,1-3H3,(H,16,17)/t16-,25-;7-/m00/s1. The smallest absolute Gasteiger partial charge is 0.417 e. The van der Waals surface area contributed by atoms with Crippen molar-refractivity contribution in [3.8, 4) is 11.1 Å². The highest BCUT2D eigenvalue weighted by Gasteiger charge is 2.37. The summed E-state index contributed by atoms with van der Waals surface area (Å²) in [7, 11) is 4.70. The van der Waals surface area contributed by atoms with Crippen LogP contribution in [0.25, 0.3) is 22.0 Å². The van der Waals surface area contributed by atoms with E-state index in [-0.39, 0.29) is 45.5 Å². The van der Waals surface area contributed by atoms with Crippen molar-refractivity contribution in [3.05, 3.63) is 122 Å². The van der Waals surface area contributed by atoms with E-state index in [1.165, 1.54) is 44.4 Å². The lowest BCUT2D eigenvalue weighted by atomic mass is 9.93. The molecular formula is C44H46F7N5O6. The summed E-state index contributed by atoms with van der Waals surface area (Å²) >= 11 is 0. The highest BCUT2D eigenvalue weighted by atomic mass is 19.4. The van der Waals surface area contributed by atoms with E-state index in [1.54, 1.807) is 23.9 Å². The summed E-state index contributed by atoms with van der Waals surface area (Å²) < 4.78 is 100. The third kappa shape index (κ3) is 10.3. The zero-order valence-corrected chi connectivity index (χ0v) is 35.1. The van der Waals surface area contributed by atoms with Crippen LogP contribution < -0.4 is 20.7 Å². The second kappa shape index (κ2) is 19.5. The number of carbonyl (C=O) groups excluding carboxylic acids is 1. The lowest BCUT2D eigenvalue weighted by Crippen LogP contribution is -2.43. The molecule has 0 aliphatic heterocycles. The Labute approximate surface area is 352 Å². The minimum absolute atomic E-state index is 0.00461. The van der Waals surface area contributed by atoms with E-state index in [9.17, 15) is 55.0 Å². The molecule has 1 amide bonds. The minimum Gasteiger partial charge on any atom is -0.480 e. The molecule has 5 rings (SSSR count). The summed E-state index contributed by atoms with van der Waals surface area (Å²) in [4.78, 5) is 56.5. The van der Waals surface area contributed by atoms with Gasteiger partial charge in [-0.1, -0.05) is 32.0 Å². The maximum atomic E-state index is 15.0. The molecule has 0 aliphatic carbocycles. The first-order valence-corrected chi connectivity index (χ1v) is 19.3. The van der Waals surface area contributed by atoms with E-state index >= 15 is 0 Å². The van der Waals surface area contributed by atoms with Crippen LogP contribution in [0, 0.1) is 30.2 Å². The maximum Gasteiger partial charge on any atom is 0.417 e. The van der Waals surface area contributed by atoms with Gasteiger partial charge in [0, 0.05) is 73.9 Å². The predicted molar refractivity (Wildman–Crippen MR) is 221 cm³/mol. The van der Waals surface area contributed by atoms with Crippen molar-refractivity contribution >= 4 is 40.1 Å². The monoisotopic (exact) mass is 873 g/mol. The number of aliphatic carboxylic acids is 1. The molecule has 3 N–H and O–H groups in total. The van der Waals surface area contributed by atoms with Gasteiger partial charge in [-0.2, -0.15) is 13.2 Å². The number of halogens is 7. The number of nitrogens with one attached hydrogen (secondary N) is 1. The summed E-state index contributed by atoms with van der Waals surface area (Å²) in [6.07, 6.45) is -2.46. The number of aromatic carboxylic acids is 1. The van der Waals surface area contributed by atoms with Gasteiger partial charge in [0.15, 0.2) is 0 Å². The molecule has 0 spiro atoms. The third-order valence-corrected chi connectivity index (χ3v) is 10.9. The molecule has 0 saturated heterocycles. The van der Waals surface area contributed by atoms with Crippen LogP contribution in [-0.4, -0.2) is 69.8 Å². The van der Waals surface area contributed by atoms with Gasteiger partial charge in [-0.3, -0.25) is 14.6 Å². The van der Waals surface area contributed by atoms with Crippen molar-refractivity contribution in [3.63, 3.8) is 0 Å². The predicted octanol–water partition coefficient (Wildman–Crippen LogP) is 8.76. The number of aryl methyl sites for hydroxylation is 1. The molecule has 3 aromatic carbocycles. The van der Waals surface area contributed by atoms with Gasteiger partial charge >= 0.3 is 18.1 Å². The Morgan fingerprint density at radius 1 is 0.823 bits per heavy atom. The molecular weight excluding hydrogens is 827 g/mol. The maximum absolute atomic E-state index is 15.0. The van der Waals surface area contributed by atoms with Crippen LogP contribution in [0.2, 0.25) is 0 Å². The molecule has 18 heteroatoms. The number of alkyl halides is 3. The Balaban J connectivity index is 0.000000416. The van der Waals surface area contributed by atoms with Crippen molar-refractivity contribution in [2.24, 2.45) is 7.05 Å². The van der Waals surface area contributed by atoms with E-state index in [1.807, 2.05) is 27.7 Å². The Bertz CT molecular complexity index is 2520. The molecule has 0 radical (unpaired) electrons. The van der Waals surface area contributed by atoms with Crippen molar-refractivity contribution in [2.45, 2.75) is 78.2 Å². The highest BCUT2D eigenvalue weighted by Crippen LogP contribution is 2.38. The summed E-state index contributed by atoms with van der Waals surface area (Å²) in [6, 6.07) is 8.83. The molecule has 2 aromatic heterocycles. The van der Waals surface area contributed by atoms with Crippen LogP contribution in [0.1, 0.15) is 78.1 Å². The van der Waals surface area contributed by atoms with Crippen molar-refractivity contribution < 1.29 is 55.3 Å². The van der Waals surface area contributed by atoms with E-state index < -0.39 is 87.6 Å². The number of aromatic nitrogens is 2. The van der Waals surface area contributed by atoms with Crippen LogP contribution >= 0.6 is 0 Å². The van der Waals surface area contributed by atoms with Crippen molar-refractivity contribution in [1.82, 2.24) is 14.9 Å². The fourth-order valence-corrected chi connectivity index (χ4v) is 6.57. The number of pyridine rings is 2. The normalized spacial score (nSPS) is 12.8. The van der Waals surface area contributed by atoms with E-state index in [0.717, 1.165) is 41.3 Å². The van der Waals surface area contributed by atoms with E-state index in [2.05, 4.69) is 10.3 Å². The number of amides is 1. The number of hydrogen-bond acceptors (Lipinski definition) is 7. The summed E-state index contributed by atoms with van der Waals surface area (Å²) in [6.45, 7) is 9.01. The van der Waals surface area contributed by atoms with Gasteiger partial charge in [0.25, 0.3) is 11.5 Å². The number of carbonyl (C=O) groups is 3. The molecule has 2 heterocycles. The summed E-state index contributed by atoms with van der Waals surface area (Å²) in [5.74, 6) is -8.89. The Hall–Kier alpha value is -6.46. The number of nitrogens with zero attached hydrogens (tertiary/aromatic N) is 4. The van der Waals surface area contributed by atoms with Crippen LogP contribution in [0.15, 0.2) is 65.6 Å². The van der Waals surface area contributed by atoms with Crippen LogP contribution in [0.4, 0.5) is 42.1 Å². The van der Waals surface area contributed by atoms with Gasteiger partial charge < -0.3 is 29.9 Å². The molecule has 62 heavy (non-hydrogen) atoms. The first-order chi connectivity index (χ1) is 28.9. The first-order valence-electron chi connectivity index (χ1n) is 19.3. The molecule has 3 atom stereocenters. The second-order valence-electron chi connectivity index (χ2n) is 14.8. The summed E-state index contributed by atoms with van der Waals surface area (Å²) in [5.41, 5.74) is -3.80. The van der Waals surface area contributed by atoms with Crippen LogP contribution in [0.3, 0.4) is 0 Å². The Morgan fingerprint density at radius 2 is 1.32 bits per heavy atom. The fraction of sp³-hybridized carbons (Fsp3) is 0.341. The second-order valence-corrected chi connectivity index (χ2v) is 14.8. The van der Waals surface area contributed by atoms with Crippen LogP contribution in [0.5, 0.6) is 0 Å². The number of hydrogen-bond donors (Lipinski definition) is 3. The van der Waals surface area contributed by atoms with E-state index in [0.29, 0.717) is 12.1 Å². The molecule has 0 aliphatic rings. The summed E-state index contributed by atoms with van der Waals surface area (Å²) in [5, 5.41) is 20.9. The lowest BCUT2D eigenvalue weighted by molar-refractivity contribution is -0.139. The molecule has 0 bridgehead atoms. The fourth-order valence-electron chi connectivity index (χ4n) is 6.57. The number of carboxylic acids is 2. The topological polar surface area (TPSA) is 145 Å². The lowest BCUT2D eigenvalue weighted by Gasteiger charge is -2.26. The quantitative estimate of drug-likeness (QED) is 0.0990. The number of carboxylic acid groups (broad SMARTS) is 2. The van der Waals surface area contributed by atoms with Crippen LogP contribution in [-0.2, 0) is 24.4 Å².